The summed E-state index contributed by atoms with van der Waals surface area (Å²) in [7, 11) is -0.141. The molecule has 0 radical (unpaired) electrons. The molecule has 3 fully saturated rings. The van der Waals surface area contributed by atoms with Gasteiger partial charge in [-0.15, -0.1) is 0 Å². The van der Waals surface area contributed by atoms with E-state index in [1.54, 1.807) is 12.1 Å². The van der Waals surface area contributed by atoms with Crippen LogP contribution in [0, 0.1) is 0 Å². The van der Waals surface area contributed by atoms with Gasteiger partial charge in [-0.2, -0.15) is 0 Å². The lowest BCUT2D eigenvalue weighted by atomic mass is 10.0. The predicted molar refractivity (Wildman–Crippen MR) is 122 cm³/mol. The quantitative estimate of drug-likeness (QED) is 0.541. The van der Waals surface area contributed by atoms with Crippen LogP contribution in [0.5, 0.6) is 5.75 Å². The lowest BCUT2D eigenvalue weighted by Gasteiger charge is -2.38. The fourth-order valence-electron chi connectivity index (χ4n) is 4.88. The molecule has 0 spiro atoms. The maximum Gasteiger partial charge on any atom is 0.240 e. The number of sulfonamides is 1. The van der Waals surface area contributed by atoms with Gasteiger partial charge >= 0.3 is 0 Å². The molecule has 0 aromatic heterocycles. The monoisotopic (exact) mass is 479 g/mol. The van der Waals surface area contributed by atoms with Gasteiger partial charge in [-0.1, -0.05) is 0 Å². The molecular formula is C22H33N5O5S. The summed E-state index contributed by atoms with van der Waals surface area (Å²) in [5, 5.41) is 2.94. The third kappa shape index (κ3) is 5.48. The van der Waals surface area contributed by atoms with E-state index in [0.717, 1.165) is 26.2 Å². The summed E-state index contributed by atoms with van der Waals surface area (Å²) < 4.78 is 33.5. The zero-order valence-electron chi connectivity index (χ0n) is 19.2. The standard InChI is InChI=1S/C22H33N5O5S/c1-25-9-11-26(12-10-25)21(28)8-3-17-14-23-22(29)20-13-16(15-27(17)20)24-33(30,31)19-6-4-18(32-2)5-7-19/h4-7,16-17,20,24H,3,8-15H2,1-2H3,(H,23,29)/t16-,17+,20-/m0/s1. The number of fused-ring (bicyclic) bond motifs is 1. The Morgan fingerprint density at radius 2 is 1.88 bits per heavy atom. The molecule has 3 aliphatic rings. The minimum absolute atomic E-state index is 0.0135. The second-order valence-corrected chi connectivity index (χ2v) is 10.8. The van der Waals surface area contributed by atoms with Crippen LogP contribution in [0.3, 0.4) is 0 Å². The summed E-state index contributed by atoms with van der Waals surface area (Å²) in [4.78, 5) is 31.5. The summed E-state index contributed by atoms with van der Waals surface area (Å²) in [5.74, 6) is 0.646. The highest BCUT2D eigenvalue weighted by molar-refractivity contribution is 7.89. The smallest absolute Gasteiger partial charge is 0.240 e. The number of benzene rings is 1. The van der Waals surface area contributed by atoms with E-state index in [1.165, 1.54) is 19.2 Å². The summed E-state index contributed by atoms with van der Waals surface area (Å²) in [6.45, 7) is 4.19. The molecule has 3 heterocycles. The van der Waals surface area contributed by atoms with Gasteiger partial charge in [0.25, 0.3) is 0 Å². The van der Waals surface area contributed by atoms with Crippen molar-refractivity contribution in [2.75, 3.05) is 53.4 Å². The van der Waals surface area contributed by atoms with Crippen LogP contribution in [0.2, 0.25) is 0 Å². The Balaban J connectivity index is 1.35. The van der Waals surface area contributed by atoms with Crippen molar-refractivity contribution in [2.45, 2.75) is 42.3 Å². The summed E-state index contributed by atoms with van der Waals surface area (Å²) in [5.41, 5.74) is 0. The maximum absolute atomic E-state index is 12.8. The molecule has 0 unspecified atom stereocenters. The van der Waals surface area contributed by atoms with Gasteiger partial charge in [-0.05, 0) is 44.2 Å². The number of hydrogen-bond donors (Lipinski definition) is 2. The normalized spacial score (nSPS) is 26.7. The first kappa shape index (κ1) is 23.9. The van der Waals surface area contributed by atoms with Gasteiger partial charge in [-0.25, -0.2) is 13.1 Å². The average Bonchev–Trinajstić information content (AvgIpc) is 3.23. The third-order valence-electron chi connectivity index (χ3n) is 6.86. The number of likely N-dealkylation sites (N-methyl/N-ethyl adjacent to an activating group) is 1. The molecule has 0 saturated carbocycles. The Hall–Kier alpha value is -2.21. The summed E-state index contributed by atoms with van der Waals surface area (Å²) >= 11 is 0. The van der Waals surface area contributed by atoms with Gasteiger partial charge in [0.1, 0.15) is 5.75 Å². The Morgan fingerprint density at radius 1 is 1.18 bits per heavy atom. The molecule has 3 saturated heterocycles. The molecule has 33 heavy (non-hydrogen) atoms. The SMILES string of the molecule is COc1ccc(S(=O)(=O)N[C@H]2C[C@H]3C(=O)NC[C@@H](CCC(=O)N4CCN(C)CC4)N3C2)cc1. The first-order valence-electron chi connectivity index (χ1n) is 11.4. The summed E-state index contributed by atoms with van der Waals surface area (Å²) in [6, 6.07) is 5.47. The molecule has 2 amide bonds. The number of nitrogens with one attached hydrogen (secondary N) is 2. The van der Waals surface area contributed by atoms with E-state index in [4.69, 9.17) is 4.74 Å². The van der Waals surface area contributed by atoms with E-state index >= 15 is 0 Å². The van der Waals surface area contributed by atoms with Gasteiger partial charge in [0.15, 0.2) is 0 Å². The Kier molecular flexibility index (Phi) is 7.22. The molecular weight excluding hydrogens is 446 g/mol. The largest absolute Gasteiger partial charge is 0.497 e. The molecule has 3 aliphatic heterocycles. The number of amides is 2. The number of piperazine rings is 2. The maximum atomic E-state index is 12.8. The first-order chi connectivity index (χ1) is 15.8. The van der Waals surface area contributed by atoms with E-state index < -0.39 is 10.0 Å². The first-order valence-corrected chi connectivity index (χ1v) is 12.9. The van der Waals surface area contributed by atoms with Crippen LogP contribution in [-0.4, -0.2) is 106 Å². The molecule has 0 bridgehead atoms. The number of nitrogens with zero attached hydrogens (tertiary/aromatic N) is 3. The molecule has 4 rings (SSSR count). The molecule has 10 nitrogen and oxygen atoms in total. The van der Waals surface area contributed by atoms with Crippen LogP contribution in [-0.2, 0) is 19.6 Å². The van der Waals surface area contributed by atoms with Crippen molar-refractivity contribution in [3.63, 3.8) is 0 Å². The van der Waals surface area contributed by atoms with Crippen LogP contribution < -0.4 is 14.8 Å². The lowest BCUT2D eigenvalue weighted by molar-refractivity contribution is -0.133. The van der Waals surface area contributed by atoms with E-state index in [-0.39, 0.29) is 34.8 Å². The number of methoxy groups -OCH3 is 1. The number of hydrogen-bond acceptors (Lipinski definition) is 7. The number of carbonyl (C=O) groups is 2. The second kappa shape index (κ2) is 9.96. The topological polar surface area (TPSA) is 111 Å². The van der Waals surface area contributed by atoms with Crippen molar-refractivity contribution >= 4 is 21.8 Å². The highest BCUT2D eigenvalue weighted by Crippen LogP contribution is 2.27. The number of ether oxygens (including phenoxy) is 1. The summed E-state index contributed by atoms with van der Waals surface area (Å²) in [6.07, 6.45) is 1.47. The highest BCUT2D eigenvalue weighted by Gasteiger charge is 2.44. The molecule has 3 atom stereocenters. The molecule has 0 aliphatic carbocycles. The van der Waals surface area contributed by atoms with Crippen LogP contribution in [0.1, 0.15) is 19.3 Å². The molecule has 1 aromatic carbocycles. The number of carbonyl (C=O) groups excluding carboxylic acids is 2. The Morgan fingerprint density at radius 3 is 2.55 bits per heavy atom. The molecule has 2 N–H and O–H groups in total. The van der Waals surface area contributed by atoms with Crippen molar-refractivity contribution in [3.8, 4) is 5.75 Å². The van der Waals surface area contributed by atoms with Crippen LogP contribution in [0.15, 0.2) is 29.2 Å². The van der Waals surface area contributed by atoms with Gasteiger partial charge in [0.2, 0.25) is 21.8 Å². The van der Waals surface area contributed by atoms with Crippen LogP contribution in [0.4, 0.5) is 0 Å². The average molecular weight is 480 g/mol. The minimum Gasteiger partial charge on any atom is -0.497 e. The third-order valence-corrected chi connectivity index (χ3v) is 8.40. The van der Waals surface area contributed by atoms with Crippen LogP contribution in [0.25, 0.3) is 0 Å². The van der Waals surface area contributed by atoms with E-state index in [2.05, 4.69) is 26.9 Å². The van der Waals surface area contributed by atoms with E-state index in [0.29, 0.717) is 38.1 Å². The number of rotatable bonds is 7. The fraction of sp³-hybridized carbons (Fsp3) is 0.636. The van der Waals surface area contributed by atoms with E-state index in [1.807, 2.05) is 4.90 Å². The molecule has 182 valence electrons. The lowest BCUT2D eigenvalue weighted by Crippen LogP contribution is -2.58. The Labute approximate surface area is 195 Å². The zero-order chi connectivity index (χ0) is 23.6. The molecule has 11 heteroatoms. The highest BCUT2D eigenvalue weighted by atomic mass is 32.2. The van der Waals surface area contributed by atoms with Gasteiger partial charge in [0.05, 0.1) is 18.0 Å². The second-order valence-electron chi connectivity index (χ2n) is 9.06. The van der Waals surface area contributed by atoms with Crippen molar-refractivity contribution in [1.29, 1.82) is 0 Å². The van der Waals surface area contributed by atoms with Crippen molar-refractivity contribution in [3.05, 3.63) is 24.3 Å². The minimum atomic E-state index is -3.72. The Bertz CT molecular complexity index is 962. The predicted octanol–water partition coefficient (Wildman–Crippen LogP) is -0.531. The van der Waals surface area contributed by atoms with E-state index in [9.17, 15) is 18.0 Å². The van der Waals surface area contributed by atoms with Gasteiger partial charge < -0.3 is 19.9 Å². The van der Waals surface area contributed by atoms with Gasteiger partial charge in [0, 0.05) is 57.8 Å². The molecule has 1 aromatic rings. The van der Waals surface area contributed by atoms with Crippen molar-refractivity contribution < 1.29 is 22.7 Å². The van der Waals surface area contributed by atoms with Crippen LogP contribution >= 0.6 is 0 Å². The zero-order valence-corrected chi connectivity index (χ0v) is 20.0. The van der Waals surface area contributed by atoms with Gasteiger partial charge in [-0.3, -0.25) is 14.5 Å². The van der Waals surface area contributed by atoms with Crippen molar-refractivity contribution in [1.82, 2.24) is 24.7 Å². The fourth-order valence-corrected chi connectivity index (χ4v) is 6.12. The van der Waals surface area contributed by atoms with Crippen molar-refractivity contribution in [2.24, 2.45) is 0 Å².